The lowest BCUT2D eigenvalue weighted by Crippen LogP contribution is -2.59. The summed E-state index contributed by atoms with van der Waals surface area (Å²) < 4.78 is 0. The van der Waals surface area contributed by atoms with Gasteiger partial charge in [0.25, 0.3) is 0 Å². The fourth-order valence-electron chi connectivity index (χ4n) is 4.31. The second-order valence-electron chi connectivity index (χ2n) is 8.20. The van der Waals surface area contributed by atoms with E-state index in [1.165, 1.54) is 4.90 Å². The van der Waals surface area contributed by atoms with Gasteiger partial charge in [-0.2, -0.15) is 0 Å². The summed E-state index contributed by atoms with van der Waals surface area (Å²) >= 11 is 5.92. The molecule has 1 N–H and O–H groups in total. The Balaban J connectivity index is 1.67. The normalized spacial score (nSPS) is 27.0. The lowest BCUT2D eigenvalue weighted by molar-refractivity contribution is -0.167. The van der Waals surface area contributed by atoms with Crippen LogP contribution in [0.25, 0.3) is 0 Å². The number of benzene rings is 1. The number of rotatable bonds is 4. The SMILES string of the molecule is Cc1cc(Cl)ccc1NC(=O)CCN1C(=O)C2CCC(C)(C1=O)C2(C)C. The summed E-state index contributed by atoms with van der Waals surface area (Å²) in [4.78, 5) is 39.3. The number of halogens is 1. The maximum atomic E-state index is 13.0. The zero-order valence-corrected chi connectivity index (χ0v) is 16.4. The van der Waals surface area contributed by atoms with Crippen LogP contribution >= 0.6 is 11.6 Å². The molecule has 2 fully saturated rings. The third-order valence-electron chi connectivity index (χ3n) is 6.53. The molecule has 3 amide bonds. The highest BCUT2D eigenvalue weighted by atomic mass is 35.5. The summed E-state index contributed by atoms with van der Waals surface area (Å²) in [7, 11) is 0. The summed E-state index contributed by atoms with van der Waals surface area (Å²) in [5.74, 6) is -0.646. The third kappa shape index (κ3) is 2.82. The molecule has 1 saturated carbocycles. The number of fused-ring (bicyclic) bond motifs is 2. The minimum absolute atomic E-state index is 0.0861. The Kier molecular flexibility index (Phi) is 4.63. The molecule has 26 heavy (non-hydrogen) atoms. The van der Waals surface area contributed by atoms with Crippen molar-refractivity contribution in [2.75, 3.05) is 11.9 Å². The van der Waals surface area contributed by atoms with Gasteiger partial charge in [0.15, 0.2) is 0 Å². The molecule has 2 unspecified atom stereocenters. The van der Waals surface area contributed by atoms with Gasteiger partial charge < -0.3 is 5.32 Å². The first-order chi connectivity index (χ1) is 12.1. The van der Waals surface area contributed by atoms with Crippen molar-refractivity contribution in [3.63, 3.8) is 0 Å². The second-order valence-corrected chi connectivity index (χ2v) is 8.63. The molecular weight excluding hydrogens is 352 g/mol. The number of carbonyl (C=O) groups is 3. The molecule has 6 heteroatoms. The first-order valence-corrected chi connectivity index (χ1v) is 9.37. The van der Waals surface area contributed by atoms with Gasteiger partial charge in [0.2, 0.25) is 17.7 Å². The highest BCUT2D eigenvalue weighted by Crippen LogP contribution is 2.60. The number of hydrogen-bond acceptors (Lipinski definition) is 3. The minimum atomic E-state index is -0.533. The van der Waals surface area contributed by atoms with E-state index in [-0.39, 0.29) is 42.0 Å². The largest absolute Gasteiger partial charge is 0.326 e. The van der Waals surface area contributed by atoms with Gasteiger partial charge in [0, 0.05) is 29.6 Å². The molecule has 0 aromatic heterocycles. The van der Waals surface area contributed by atoms with Crippen LogP contribution in [0.1, 0.15) is 45.6 Å². The van der Waals surface area contributed by atoms with E-state index < -0.39 is 5.41 Å². The number of imide groups is 1. The molecule has 1 aromatic rings. The summed E-state index contributed by atoms with van der Waals surface area (Å²) in [6.07, 6.45) is 1.55. The molecule has 1 aliphatic carbocycles. The fourth-order valence-corrected chi connectivity index (χ4v) is 4.53. The highest BCUT2D eigenvalue weighted by molar-refractivity contribution is 6.30. The van der Waals surface area contributed by atoms with Crippen LogP contribution in [0.4, 0.5) is 5.69 Å². The molecule has 140 valence electrons. The van der Waals surface area contributed by atoms with Crippen molar-refractivity contribution < 1.29 is 14.4 Å². The van der Waals surface area contributed by atoms with E-state index in [2.05, 4.69) is 5.32 Å². The standard InChI is InChI=1S/C20H25ClN2O3/c1-12-11-13(21)5-6-15(12)22-16(24)8-10-23-17(25)14-7-9-20(4,18(23)26)19(14,2)3/h5-6,11,14H,7-10H2,1-4H3,(H,22,24). The Hall–Kier alpha value is -1.88. The quantitative estimate of drug-likeness (QED) is 0.813. The van der Waals surface area contributed by atoms with Crippen molar-refractivity contribution in [1.82, 2.24) is 4.90 Å². The monoisotopic (exact) mass is 376 g/mol. The predicted molar refractivity (Wildman–Crippen MR) is 101 cm³/mol. The van der Waals surface area contributed by atoms with Crippen molar-refractivity contribution in [2.24, 2.45) is 16.7 Å². The Bertz CT molecular complexity index is 789. The number of carbonyl (C=O) groups excluding carboxylic acids is 3. The van der Waals surface area contributed by atoms with Gasteiger partial charge >= 0.3 is 0 Å². The number of likely N-dealkylation sites (tertiary alicyclic amines) is 1. The Morgan fingerprint density at radius 1 is 1.31 bits per heavy atom. The summed E-state index contributed by atoms with van der Waals surface area (Å²) in [5.41, 5.74) is 0.682. The maximum Gasteiger partial charge on any atom is 0.235 e. The molecule has 1 saturated heterocycles. The molecule has 2 aliphatic rings. The lowest BCUT2D eigenvalue weighted by atomic mass is 9.62. The van der Waals surface area contributed by atoms with Gasteiger partial charge in [-0.1, -0.05) is 32.4 Å². The average molecular weight is 377 g/mol. The topological polar surface area (TPSA) is 66.5 Å². The van der Waals surface area contributed by atoms with E-state index in [0.29, 0.717) is 10.7 Å². The average Bonchev–Trinajstić information content (AvgIpc) is 2.74. The third-order valence-corrected chi connectivity index (χ3v) is 6.77. The number of aryl methyl sites for hydroxylation is 1. The Labute approximate surface area is 159 Å². The zero-order valence-electron chi connectivity index (χ0n) is 15.7. The van der Waals surface area contributed by atoms with Gasteiger partial charge in [-0.25, -0.2) is 0 Å². The number of amides is 3. The molecule has 1 heterocycles. The maximum absolute atomic E-state index is 13.0. The van der Waals surface area contributed by atoms with E-state index in [0.717, 1.165) is 18.4 Å². The Morgan fingerprint density at radius 3 is 2.65 bits per heavy atom. The number of piperidine rings is 1. The van der Waals surface area contributed by atoms with Crippen LogP contribution in [-0.2, 0) is 14.4 Å². The summed E-state index contributed by atoms with van der Waals surface area (Å²) in [5, 5.41) is 3.43. The Morgan fingerprint density at radius 2 is 2.00 bits per heavy atom. The van der Waals surface area contributed by atoms with Crippen molar-refractivity contribution in [3.8, 4) is 0 Å². The summed E-state index contributed by atoms with van der Waals surface area (Å²) in [6.45, 7) is 7.95. The number of nitrogens with one attached hydrogen (secondary N) is 1. The van der Waals surface area contributed by atoms with Crippen LogP contribution in [0.2, 0.25) is 5.02 Å². The van der Waals surface area contributed by atoms with Gasteiger partial charge in [0.05, 0.1) is 5.41 Å². The molecule has 2 atom stereocenters. The molecule has 3 rings (SSSR count). The fraction of sp³-hybridized carbons (Fsp3) is 0.550. The molecule has 5 nitrogen and oxygen atoms in total. The molecular formula is C20H25ClN2O3. The molecule has 1 aromatic carbocycles. The van der Waals surface area contributed by atoms with Crippen molar-refractivity contribution in [1.29, 1.82) is 0 Å². The van der Waals surface area contributed by atoms with Crippen LogP contribution in [0.15, 0.2) is 18.2 Å². The molecule has 2 bridgehead atoms. The number of anilines is 1. The van der Waals surface area contributed by atoms with Crippen LogP contribution < -0.4 is 5.32 Å². The zero-order chi connectivity index (χ0) is 19.3. The smallest absolute Gasteiger partial charge is 0.235 e. The van der Waals surface area contributed by atoms with Crippen LogP contribution in [0, 0.1) is 23.7 Å². The molecule has 0 spiro atoms. The number of nitrogens with zero attached hydrogens (tertiary/aromatic N) is 1. The molecule has 0 radical (unpaired) electrons. The predicted octanol–water partition coefficient (Wildman–Crippen LogP) is 3.79. The minimum Gasteiger partial charge on any atom is -0.326 e. The van der Waals surface area contributed by atoms with Gasteiger partial charge in [0.1, 0.15) is 0 Å². The van der Waals surface area contributed by atoms with Gasteiger partial charge in [-0.05, 0) is 48.9 Å². The lowest BCUT2D eigenvalue weighted by Gasteiger charge is -2.47. The second kappa shape index (κ2) is 6.38. The highest BCUT2D eigenvalue weighted by Gasteiger charge is 2.64. The van der Waals surface area contributed by atoms with E-state index >= 15 is 0 Å². The van der Waals surface area contributed by atoms with Crippen LogP contribution in [-0.4, -0.2) is 29.2 Å². The van der Waals surface area contributed by atoms with Crippen molar-refractivity contribution in [2.45, 2.75) is 47.0 Å². The molecule has 1 aliphatic heterocycles. The van der Waals surface area contributed by atoms with Crippen LogP contribution in [0.3, 0.4) is 0 Å². The van der Waals surface area contributed by atoms with Gasteiger partial charge in [-0.15, -0.1) is 0 Å². The van der Waals surface area contributed by atoms with E-state index in [9.17, 15) is 14.4 Å². The van der Waals surface area contributed by atoms with Crippen molar-refractivity contribution >= 4 is 35.0 Å². The van der Waals surface area contributed by atoms with E-state index in [4.69, 9.17) is 11.6 Å². The first-order valence-electron chi connectivity index (χ1n) is 9.00. The number of hydrogen-bond donors (Lipinski definition) is 1. The summed E-state index contributed by atoms with van der Waals surface area (Å²) in [6, 6.07) is 5.23. The van der Waals surface area contributed by atoms with E-state index in [1.54, 1.807) is 18.2 Å². The van der Waals surface area contributed by atoms with E-state index in [1.807, 2.05) is 27.7 Å². The van der Waals surface area contributed by atoms with Gasteiger partial charge in [-0.3, -0.25) is 19.3 Å². The van der Waals surface area contributed by atoms with Crippen molar-refractivity contribution in [3.05, 3.63) is 28.8 Å². The van der Waals surface area contributed by atoms with Crippen LogP contribution in [0.5, 0.6) is 0 Å². The first kappa shape index (κ1) is 18.9.